The smallest absolute Gasteiger partial charge is 0.00204 e. The Kier molecular flexibility index (Phi) is 2.83. The molecule has 82 valence electrons. The highest BCUT2D eigenvalue weighted by Crippen LogP contribution is 2.57. The minimum absolute atomic E-state index is 0.348. The van der Waals surface area contributed by atoms with Crippen molar-refractivity contribution in [3.8, 4) is 0 Å². The van der Waals surface area contributed by atoms with Gasteiger partial charge in [-0.3, -0.25) is 0 Å². The largest absolute Gasteiger partial charge is 0.330 e. The molecule has 1 fully saturated rings. The Bertz CT molecular complexity index is 313. The fourth-order valence-corrected chi connectivity index (χ4v) is 2.59. The first kappa shape index (κ1) is 10.7. The Morgan fingerprint density at radius 1 is 1.33 bits per heavy atom. The van der Waals surface area contributed by atoms with Gasteiger partial charge in [0, 0.05) is 0 Å². The zero-order chi connectivity index (χ0) is 10.9. The van der Waals surface area contributed by atoms with Crippen LogP contribution < -0.4 is 5.73 Å². The Morgan fingerprint density at radius 2 is 2.00 bits per heavy atom. The zero-order valence-corrected chi connectivity index (χ0v) is 9.74. The molecule has 1 aliphatic carbocycles. The van der Waals surface area contributed by atoms with E-state index in [0.717, 1.165) is 18.4 Å². The zero-order valence-electron chi connectivity index (χ0n) is 9.74. The first-order valence-electron chi connectivity index (χ1n) is 5.96. The molecule has 3 unspecified atom stereocenters. The van der Waals surface area contributed by atoms with Crippen molar-refractivity contribution in [3.63, 3.8) is 0 Å². The summed E-state index contributed by atoms with van der Waals surface area (Å²) >= 11 is 0. The first-order valence-corrected chi connectivity index (χ1v) is 5.96. The molecule has 15 heavy (non-hydrogen) atoms. The second-order valence-electron chi connectivity index (χ2n) is 5.07. The molecule has 3 atom stereocenters. The maximum Gasteiger partial charge on any atom is -0.00204 e. The van der Waals surface area contributed by atoms with Crippen LogP contribution in [-0.4, -0.2) is 6.54 Å². The van der Waals surface area contributed by atoms with Gasteiger partial charge in [0.25, 0.3) is 0 Å². The highest BCUT2D eigenvalue weighted by Gasteiger charge is 2.48. The van der Waals surface area contributed by atoms with Gasteiger partial charge in [0.05, 0.1) is 0 Å². The molecule has 1 aromatic carbocycles. The predicted octanol–water partition coefficient (Wildman–Crippen LogP) is 3.17. The minimum atomic E-state index is 0.348. The van der Waals surface area contributed by atoms with Gasteiger partial charge in [-0.2, -0.15) is 0 Å². The second kappa shape index (κ2) is 3.97. The third-order valence-corrected chi connectivity index (χ3v) is 4.19. The normalized spacial score (nSPS) is 28.5. The molecule has 0 bridgehead atoms. The van der Waals surface area contributed by atoms with Crippen LogP contribution in [0.4, 0.5) is 0 Å². The molecule has 2 N–H and O–H groups in total. The van der Waals surface area contributed by atoms with Gasteiger partial charge in [0.2, 0.25) is 0 Å². The Morgan fingerprint density at radius 3 is 2.53 bits per heavy atom. The van der Waals surface area contributed by atoms with Gasteiger partial charge in [0.15, 0.2) is 0 Å². The maximum absolute atomic E-state index is 5.90. The van der Waals surface area contributed by atoms with Crippen molar-refractivity contribution in [2.45, 2.75) is 32.6 Å². The van der Waals surface area contributed by atoms with Gasteiger partial charge >= 0.3 is 0 Å². The number of rotatable bonds is 4. The predicted molar refractivity (Wildman–Crippen MR) is 64.7 cm³/mol. The number of nitrogens with two attached hydrogens (primary N) is 1. The van der Waals surface area contributed by atoms with Crippen molar-refractivity contribution >= 4 is 0 Å². The van der Waals surface area contributed by atoms with E-state index in [1.54, 1.807) is 0 Å². The van der Waals surface area contributed by atoms with E-state index in [1.807, 2.05) is 0 Å². The monoisotopic (exact) mass is 203 g/mol. The summed E-state index contributed by atoms with van der Waals surface area (Å²) in [5.41, 5.74) is 7.74. The molecule has 2 rings (SSSR count). The van der Waals surface area contributed by atoms with E-state index in [9.17, 15) is 0 Å². The van der Waals surface area contributed by atoms with Crippen molar-refractivity contribution in [1.82, 2.24) is 0 Å². The van der Waals surface area contributed by atoms with E-state index in [0.29, 0.717) is 5.41 Å². The SMILES string of the molecule is CCC(C)(CN)C1CC1c1ccccc1. The topological polar surface area (TPSA) is 26.0 Å². The first-order chi connectivity index (χ1) is 7.21. The molecule has 1 nitrogen and oxygen atoms in total. The fourth-order valence-electron chi connectivity index (χ4n) is 2.59. The minimum Gasteiger partial charge on any atom is -0.330 e. The summed E-state index contributed by atoms with van der Waals surface area (Å²) < 4.78 is 0. The lowest BCUT2D eigenvalue weighted by Gasteiger charge is -2.27. The Hall–Kier alpha value is -0.820. The van der Waals surface area contributed by atoms with Gasteiger partial charge in [-0.1, -0.05) is 44.2 Å². The number of hydrogen-bond acceptors (Lipinski definition) is 1. The van der Waals surface area contributed by atoms with Crippen LogP contribution in [0, 0.1) is 11.3 Å². The lowest BCUT2D eigenvalue weighted by Crippen LogP contribution is -2.29. The number of benzene rings is 1. The maximum atomic E-state index is 5.90. The van der Waals surface area contributed by atoms with Crippen LogP contribution in [0.2, 0.25) is 0 Å². The van der Waals surface area contributed by atoms with Crippen molar-refractivity contribution in [1.29, 1.82) is 0 Å². The molecular weight excluding hydrogens is 182 g/mol. The molecule has 0 amide bonds. The van der Waals surface area contributed by atoms with E-state index >= 15 is 0 Å². The van der Waals surface area contributed by atoms with Gasteiger partial charge < -0.3 is 5.73 Å². The van der Waals surface area contributed by atoms with Gasteiger partial charge in [-0.25, -0.2) is 0 Å². The average Bonchev–Trinajstić information content (AvgIpc) is 3.10. The molecule has 1 heteroatoms. The third kappa shape index (κ3) is 1.93. The summed E-state index contributed by atoms with van der Waals surface area (Å²) in [6.07, 6.45) is 2.52. The van der Waals surface area contributed by atoms with Gasteiger partial charge in [0.1, 0.15) is 0 Å². The lowest BCUT2D eigenvalue weighted by molar-refractivity contribution is 0.267. The van der Waals surface area contributed by atoms with Crippen LogP contribution in [-0.2, 0) is 0 Å². The summed E-state index contributed by atoms with van der Waals surface area (Å²) in [6, 6.07) is 10.9. The van der Waals surface area contributed by atoms with Crippen LogP contribution in [0.3, 0.4) is 0 Å². The van der Waals surface area contributed by atoms with Crippen molar-refractivity contribution in [2.75, 3.05) is 6.54 Å². The van der Waals surface area contributed by atoms with Crippen LogP contribution in [0.1, 0.15) is 38.2 Å². The van der Waals surface area contributed by atoms with E-state index in [1.165, 1.54) is 18.4 Å². The summed E-state index contributed by atoms with van der Waals surface area (Å²) in [6.45, 7) is 5.41. The molecule has 0 aliphatic heterocycles. The summed E-state index contributed by atoms with van der Waals surface area (Å²) in [5, 5.41) is 0. The quantitative estimate of drug-likeness (QED) is 0.799. The molecule has 0 spiro atoms. The molecule has 0 heterocycles. The van der Waals surface area contributed by atoms with E-state index < -0.39 is 0 Å². The average molecular weight is 203 g/mol. The van der Waals surface area contributed by atoms with Crippen LogP contribution in [0.15, 0.2) is 30.3 Å². The summed E-state index contributed by atoms with van der Waals surface area (Å²) in [7, 11) is 0. The van der Waals surface area contributed by atoms with Crippen LogP contribution >= 0.6 is 0 Å². The third-order valence-electron chi connectivity index (χ3n) is 4.19. The highest BCUT2D eigenvalue weighted by molar-refractivity contribution is 5.27. The Balaban J connectivity index is 2.08. The molecule has 0 aromatic heterocycles. The summed E-state index contributed by atoms with van der Waals surface area (Å²) in [5.74, 6) is 1.56. The molecule has 0 saturated heterocycles. The van der Waals surface area contributed by atoms with E-state index in [4.69, 9.17) is 5.73 Å². The van der Waals surface area contributed by atoms with E-state index in [2.05, 4.69) is 44.2 Å². The van der Waals surface area contributed by atoms with E-state index in [-0.39, 0.29) is 0 Å². The van der Waals surface area contributed by atoms with Gasteiger partial charge in [-0.05, 0) is 42.2 Å². The Labute approximate surface area is 92.7 Å². The van der Waals surface area contributed by atoms with Crippen molar-refractivity contribution in [3.05, 3.63) is 35.9 Å². The van der Waals surface area contributed by atoms with Crippen molar-refractivity contribution < 1.29 is 0 Å². The molecule has 1 aliphatic rings. The highest BCUT2D eigenvalue weighted by atomic mass is 14.6. The standard InChI is InChI=1S/C14H21N/c1-3-14(2,10-15)13-9-12(13)11-7-5-4-6-8-11/h4-8,12-13H,3,9-10,15H2,1-2H3. The van der Waals surface area contributed by atoms with Crippen LogP contribution in [0.5, 0.6) is 0 Å². The molecule has 1 saturated carbocycles. The lowest BCUT2D eigenvalue weighted by atomic mass is 9.80. The fraction of sp³-hybridized carbons (Fsp3) is 0.571. The van der Waals surface area contributed by atoms with Crippen molar-refractivity contribution in [2.24, 2.45) is 17.1 Å². The van der Waals surface area contributed by atoms with Crippen LogP contribution in [0.25, 0.3) is 0 Å². The molecule has 1 aromatic rings. The molecular formula is C14H21N. The number of hydrogen-bond donors (Lipinski definition) is 1. The second-order valence-corrected chi connectivity index (χ2v) is 5.07. The summed E-state index contributed by atoms with van der Waals surface area (Å²) in [4.78, 5) is 0. The molecule has 0 radical (unpaired) electrons. The van der Waals surface area contributed by atoms with Gasteiger partial charge in [-0.15, -0.1) is 0 Å².